The van der Waals surface area contributed by atoms with Gasteiger partial charge in [0.15, 0.2) is 6.61 Å². The molecule has 5 nitrogen and oxygen atoms in total. The Morgan fingerprint density at radius 2 is 2.09 bits per heavy atom. The molecule has 1 aliphatic rings. The van der Waals surface area contributed by atoms with Crippen molar-refractivity contribution in [1.82, 2.24) is 5.32 Å². The molecule has 22 heavy (non-hydrogen) atoms. The Labute approximate surface area is 130 Å². The van der Waals surface area contributed by atoms with Crippen molar-refractivity contribution in [3.8, 4) is 5.75 Å². The first-order chi connectivity index (χ1) is 10.5. The fraction of sp³-hybridized carbons (Fsp3) is 0.529. The van der Waals surface area contributed by atoms with Crippen molar-refractivity contribution in [2.24, 2.45) is 11.8 Å². The van der Waals surface area contributed by atoms with E-state index in [1.54, 1.807) is 24.3 Å². The molecule has 0 aliphatic heterocycles. The van der Waals surface area contributed by atoms with Gasteiger partial charge >= 0.3 is 5.97 Å². The van der Waals surface area contributed by atoms with Crippen molar-refractivity contribution in [2.45, 2.75) is 39.2 Å². The van der Waals surface area contributed by atoms with Gasteiger partial charge in [-0.1, -0.05) is 32.8 Å². The van der Waals surface area contributed by atoms with Crippen LogP contribution in [0.2, 0.25) is 0 Å². The molecule has 2 N–H and O–H groups in total. The van der Waals surface area contributed by atoms with E-state index in [0.717, 1.165) is 12.8 Å². The highest BCUT2D eigenvalue weighted by molar-refractivity contribution is 5.94. The predicted molar refractivity (Wildman–Crippen MR) is 83.0 cm³/mol. The van der Waals surface area contributed by atoms with E-state index in [9.17, 15) is 9.59 Å². The van der Waals surface area contributed by atoms with E-state index < -0.39 is 12.6 Å². The molecule has 1 aromatic rings. The van der Waals surface area contributed by atoms with Crippen LogP contribution in [-0.4, -0.2) is 29.6 Å². The molecule has 3 atom stereocenters. The van der Waals surface area contributed by atoms with Crippen molar-refractivity contribution in [2.75, 3.05) is 6.61 Å². The zero-order valence-electron chi connectivity index (χ0n) is 13.0. The Kier molecular flexibility index (Phi) is 5.41. The summed E-state index contributed by atoms with van der Waals surface area (Å²) in [6.45, 7) is 3.99. The monoisotopic (exact) mass is 305 g/mol. The first kappa shape index (κ1) is 16.3. The molecule has 2 rings (SSSR count). The van der Waals surface area contributed by atoms with Gasteiger partial charge in [-0.05, 0) is 36.5 Å². The molecule has 1 saturated carbocycles. The van der Waals surface area contributed by atoms with Crippen molar-refractivity contribution < 1.29 is 19.4 Å². The van der Waals surface area contributed by atoms with Gasteiger partial charge in [0.25, 0.3) is 5.91 Å². The molecular weight excluding hydrogens is 282 g/mol. The van der Waals surface area contributed by atoms with Gasteiger partial charge in [0.1, 0.15) is 5.75 Å². The van der Waals surface area contributed by atoms with E-state index in [1.807, 2.05) is 0 Å². The lowest BCUT2D eigenvalue weighted by molar-refractivity contribution is -0.139. The maximum atomic E-state index is 12.4. The number of carboxylic acids is 1. The van der Waals surface area contributed by atoms with Crippen LogP contribution in [0.15, 0.2) is 24.3 Å². The Hall–Kier alpha value is -2.04. The largest absolute Gasteiger partial charge is 0.482 e. The Morgan fingerprint density at radius 1 is 1.32 bits per heavy atom. The van der Waals surface area contributed by atoms with E-state index in [2.05, 4.69) is 19.2 Å². The normalized spacial score (nSPS) is 24.5. The van der Waals surface area contributed by atoms with Gasteiger partial charge in [0, 0.05) is 11.6 Å². The van der Waals surface area contributed by atoms with E-state index in [0.29, 0.717) is 23.1 Å². The summed E-state index contributed by atoms with van der Waals surface area (Å²) in [7, 11) is 0. The van der Waals surface area contributed by atoms with Gasteiger partial charge in [-0.3, -0.25) is 4.79 Å². The van der Waals surface area contributed by atoms with E-state index in [4.69, 9.17) is 9.84 Å². The van der Waals surface area contributed by atoms with Gasteiger partial charge in [-0.25, -0.2) is 4.79 Å². The predicted octanol–water partition coefficient (Wildman–Crippen LogP) is 2.70. The summed E-state index contributed by atoms with van der Waals surface area (Å²) in [6, 6.07) is 6.82. The summed E-state index contributed by atoms with van der Waals surface area (Å²) >= 11 is 0. The SMILES string of the molecule is CC1CCCC(NC(=O)c2cccc(OCC(=O)O)c2)C1C. The summed E-state index contributed by atoms with van der Waals surface area (Å²) in [6.07, 6.45) is 3.36. The molecule has 1 aromatic carbocycles. The van der Waals surface area contributed by atoms with Gasteiger partial charge in [0.2, 0.25) is 0 Å². The molecule has 1 amide bonds. The number of carbonyl (C=O) groups excluding carboxylic acids is 1. The average molecular weight is 305 g/mol. The van der Waals surface area contributed by atoms with Gasteiger partial charge in [-0.2, -0.15) is 0 Å². The molecule has 0 spiro atoms. The van der Waals surface area contributed by atoms with Gasteiger partial charge in [-0.15, -0.1) is 0 Å². The van der Waals surface area contributed by atoms with Crippen LogP contribution in [0.1, 0.15) is 43.5 Å². The fourth-order valence-corrected chi connectivity index (χ4v) is 2.91. The molecule has 120 valence electrons. The van der Waals surface area contributed by atoms with Crippen LogP contribution in [0.3, 0.4) is 0 Å². The first-order valence-corrected chi connectivity index (χ1v) is 7.73. The molecule has 3 unspecified atom stereocenters. The maximum Gasteiger partial charge on any atom is 0.341 e. The van der Waals surface area contributed by atoms with Gasteiger partial charge in [0.05, 0.1) is 0 Å². The highest BCUT2D eigenvalue weighted by atomic mass is 16.5. The van der Waals surface area contributed by atoms with Crippen LogP contribution in [0.5, 0.6) is 5.75 Å². The first-order valence-electron chi connectivity index (χ1n) is 7.73. The summed E-state index contributed by atoms with van der Waals surface area (Å²) < 4.78 is 5.11. The van der Waals surface area contributed by atoms with Crippen LogP contribution in [0, 0.1) is 11.8 Å². The number of aliphatic carboxylic acids is 1. The number of carbonyl (C=O) groups is 2. The van der Waals surface area contributed by atoms with Crippen molar-refractivity contribution in [3.63, 3.8) is 0 Å². The number of hydrogen-bond donors (Lipinski definition) is 2. The molecule has 0 saturated heterocycles. The smallest absolute Gasteiger partial charge is 0.341 e. The summed E-state index contributed by atoms with van der Waals surface area (Å²) in [5, 5.41) is 11.7. The maximum absolute atomic E-state index is 12.4. The molecule has 1 fully saturated rings. The topological polar surface area (TPSA) is 75.6 Å². The van der Waals surface area contributed by atoms with Crippen molar-refractivity contribution in [3.05, 3.63) is 29.8 Å². The quantitative estimate of drug-likeness (QED) is 0.877. The molecule has 5 heteroatoms. The number of carboxylic acid groups (broad SMARTS) is 1. The number of ether oxygens (including phenoxy) is 1. The highest BCUT2D eigenvalue weighted by Crippen LogP contribution is 2.29. The van der Waals surface area contributed by atoms with Crippen molar-refractivity contribution >= 4 is 11.9 Å². The summed E-state index contributed by atoms with van der Waals surface area (Å²) in [4.78, 5) is 22.9. The van der Waals surface area contributed by atoms with Crippen LogP contribution in [0.25, 0.3) is 0 Å². The number of nitrogens with one attached hydrogen (secondary N) is 1. The van der Waals surface area contributed by atoms with E-state index in [-0.39, 0.29) is 11.9 Å². The number of amides is 1. The lowest BCUT2D eigenvalue weighted by Gasteiger charge is -2.34. The highest BCUT2D eigenvalue weighted by Gasteiger charge is 2.28. The van der Waals surface area contributed by atoms with Crippen LogP contribution >= 0.6 is 0 Å². The number of rotatable bonds is 5. The minimum absolute atomic E-state index is 0.133. The summed E-state index contributed by atoms with van der Waals surface area (Å²) in [5.74, 6) is 0.292. The second-order valence-electron chi connectivity index (χ2n) is 6.06. The lowest BCUT2D eigenvalue weighted by atomic mass is 9.78. The van der Waals surface area contributed by atoms with Crippen LogP contribution in [0.4, 0.5) is 0 Å². The molecule has 1 aliphatic carbocycles. The molecule has 0 bridgehead atoms. The Morgan fingerprint density at radius 3 is 2.82 bits per heavy atom. The van der Waals surface area contributed by atoms with E-state index >= 15 is 0 Å². The number of hydrogen-bond acceptors (Lipinski definition) is 3. The van der Waals surface area contributed by atoms with Gasteiger partial charge < -0.3 is 15.2 Å². The second-order valence-corrected chi connectivity index (χ2v) is 6.06. The zero-order valence-corrected chi connectivity index (χ0v) is 13.0. The minimum atomic E-state index is -1.04. The van der Waals surface area contributed by atoms with Crippen LogP contribution in [-0.2, 0) is 4.79 Å². The second kappa shape index (κ2) is 7.29. The standard InChI is InChI=1S/C17H23NO4/c1-11-5-3-8-15(12(11)2)18-17(21)13-6-4-7-14(9-13)22-10-16(19)20/h4,6-7,9,11-12,15H,3,5,8,10H2,1-2H3,(H,18,21)(H,19,20). The lowest BCUT2D eigenvalue weighted by Crippen LogP contribution is -2.43. The molecule has 0 radical (unpaired) electrons. The zero-order chi connectivity index (χ0) is 16.1. The average Bonchev–Trinajstić information content (AvgIpc) is 2.50. The van der Waals surface area contributed by atoms with Crippen LogP contribution < -0.4 is 10.1 Å². The fourth-order valence-electron chi connectivity index (χ4n) is 2.91. The summed E-state index contributed by atoms with van der Waals surface area (Å²) in [5.41, 5.74) is 0.494. The number of benzene rings is 1. The minimum Gasteiger partial charge on any atom is -0.482 e. The van der Waals surface area contributed by atoms with Crippen molar-refractivity contribution in [1.29, 1.82) is 0 Å². The Balaban J connectivity index is 2.00. The third kappa shape index (κ3) is 4.23. The Bertz CT molecular complexity index is 543. The molecule has 0 heterocycles. The molecule has 0 aromatic heterocycles. The molecular formula is C17H23NO4. The van der Waals surface area contributed by atoms with E-state index in [1.165, 1.54) is 6.42 Å². The third-order valence-electron chi connectivity index (χ3n) is 4.48. The third-order valence-corrected chi connectivity index (χ3v) is 4.48.